The molecule has 0 aliphatic heterocycles. The van der Waals surface area contributed by atoms with Crippen molar-refractivity contribution in [3.8, 4) is 23.1 Å². The highest BCUT2D eigenvalue weighted by Crippen LogP contribution is 2.27. The minimum Gasteiger partial charge on any atom is -0.457 e. The van der Waals surface area contributed by atoms with E-state index in [2.05, 4.69) is 15.4 Å². The summed E-state index contributed by atoms with van der Waals surface area (Å²) in [6.45, 7) is 6.13. The Bertz CT molecular complexity index is 1310. The summed E-state index contributed by atoms with van der Waals surface area (Å²) >= 11 is 0. The molecule has 0 saturated carbocycles. The number of ether oxygens (including phenoxy) is 1. The van der Waals surface area contributed by atoms with Crippen molar-refractivity contribution < 1.29 is 18.3 Å². The lowest BCUT2D eigenvalue weighted by atomic mass is 9.92. The topological polar surface area (TPSA) is 69.0 Å². The summed E-state index contributed by atoms with van der Waals surface area (Å²) in [5.74, 6) is -0.593. The summed E-state index contributed by atoms with van der Waals surface area (Å²) in [7, 11) is 0. The van der Waals surface area contributed by atoms with E-state index in [1.54, 1.807) is 54.6 Å². The molecule has 0 aliphatic rings. The second kappa shape index (κ2) is 10.0. The van der Waals surface area contributed by atoms with Gasteiger partial charge in [-0.05, 0) is 59.5 Å². The number of carbonyl (C=O) groups is 1. The maximum atomic E-state index is 14.6. The molecule has 1 aromatic heterocycles. The van der Waals surface area contributed by atoms with Gasteiger partial charge in [-0.25, -0.2) is 13.5 Å². The van der Waals surface area contributed by atoms with Crippen LogP contribution in [0.1, 0.15) is 32.8 Å². The second-order valence-corrected chi connectivity index (χ2v) is 9.36. The van der Waals surface area contributed by atoms with Crippen LogP contribution in [-0.2, 0) is 11.4 Å². The van der Waals surface area contributed by atoms with Gasteiger partial charge in [0.15, 0.2) is 5.82 Å². The molecular weight excluding hydrogens is 450 g/mol. The lowest BCUT2D eigenvalue weighted by Crippen LogP contribution is -2.19. The summed E-state index contributed by atoms with van der Waals surface area (Å²) in [6, 6.07) is 19.2. The van der Waals surface area contributed by atoms with Crippen LogP contribution in [0.3, 0.4) is 0 Å². The molecule has 1 N–H and O–H groups in total. The summed E-state index contributed by atoms with van der Waals surface area (Å²) in [5.41, 5.74) is 2.14. The Morgan fingerprint density at radius 3 is 2.31 bits per heavy atom. The Kier molecular flexibility index (Phi) is 6.91. The summed E-state index contributed by atoms with van der Waals surface area (Å²) in [5, 5.41) is 7.31. The third kappa shape index (κ3) is 6.29. The first-order valence-corrected chi connectivity index (χ1v) is 11.2. The van der Waals surface area contributed by atoms with Crippen LogP contribution in [0.4, 0.5) is 14.5 Å². The standard InChI is InChI=1S/C27H26F2N4O2/c1-27(2,3)16-24(34)30-20-12-14-21(15-13-20)33-25(22-6-4-5-7-23(22)29)31-26(32-33)35-17-18-8-10-19(28)11-9-18/h4-15H,16-17H2,1-3H3,(H,30,34). The molecule has 0 spiro atoms. The number of aromatic nitrogens is 3. The number of nitrogens with zero attached hydrogens (tertiary/aromatic N) is 3. The van der Waals surface area contributed by atoms with Crippen LogP contribution in [0.5, 0.6) is 6.01 Å². The molecule has 0 unspecified atom stereocenters. The van der Waals surface area contributed by atoms with Crippen molar-refractivity contribution in [2.24, 2.45) is 5.41 Å². The van der Waals surface area contributed by atoms with Crippen LogP contribution in [-0.4, -0.2) is 20.7 Å². The molecule has 0 radical (unpaired) electrons. The minimum absolute atomic E-state index is 0.0511. The number of hydrogen-bond donors (Lipinski definition) is 1. The maximum absolute atomic E-state index is 14.6. The molecule has 4 rings (SSSR count). The molecule has 8 heteroatoms. The highest BCUT2D eigenvalue weighted by Gasteiger charge is 2.19. The lowest BCUT2D eigenvalue weighted by Gasteiger charge is -2.17. The average Bonchev–Trinajstić information content (AvgIpc) is 3.22. The van der Waals surface area contributed by atoms with E-state index in [1.807, 2.05) is 20.8 Å². The van der Waals surface area contributed by atoms with Crippen molar-refractivity contribution in [1.29, 1.82) is 0 Å². The highest BCUT2D eigenvalue weighted by atomic mass is 19.1. The van der Waals surface area contributed by atoms with Gasteiger partial charge in [-0.15, -0.1) is 5.10 Å². The van der Waals surface area contributed by atoms with Gasteiger partial charge in [-0.3, -0.25) is 4.79 Å². The first kappa shape index (κ1) is 24.1. The third-order valence-electron chi connectivity index (χ3n) is 5.07. The van der Waals surface area contributed by atoms with E-state index in [4.69, 9.17) is 4.74 Å². The number of halogens is 2. The number of nitrogens with one attached hydrogen (secondary N) is 1. The van der Waals surface area contributed by atoms with Crippen molar-refractivity contribution in [1.82, 2.24) is 14.8 Å². The number of rotatable bonds is 7. The van der Waals surface area contributed by atoms with E-state index in [-0.39, 0.29) is 41.1 Å². The van der Waals surface area contributed by atoms with Crippen molar-refractivity contribution in [2.75, 3.05) is 5.32 Å². The molecule has 3 aromatic carbocycles. The van der Waals surface area contributed by atoms with Gasteiger partial charge < -0.3 is 10.1 Å². The summed E-state index contributed by atoms with van der Waals surface area (Å²) < 4.78 is 35.0. The van der Waals surface area contributed by atoms with E-state index in [1.165, 1.54) is 22.9 Å². The van der Waals surface area contributed by atoms with Crippen LogP contribution in [0.15, 0.2) is 72.8 Å². The predicted octanol–water partition coefficient (Wildman–Crippen LogP) is 6.17. The molecule has 0 saturated heterocycles. The van der Waals surface area contributed by atoms with Crippen LogP contribution in [0, 0.1) is 17.0 Å². The molecule has 0 bridgehead atoms. The zero-order valence-corrected chi connectivity index (χ0v) is 19.8. The van der Waals surface area contributed by atoms with E-state index in [0.29, 0.717) is 17.8 Å². The zero-order valence-electron chi connectivity index (χ0n) is 19.8. The predicted molar refractivity (Wildman–Crippen MR) is 130 cm³/mol. The SMILES string of the molecule is CC(C)(C)CC(=O)Nc1ccc(-n2nc(OCc3ccc(F)cc3)nc2-c2ccccc2F)cc1. The monoisotopic (exact) mass is 476 g/mol. The second-order valence-electron chi connectivity index (χ2n) is 9.36. The van der Waals surface area contributed by atoms with E-state index in [9.17, 15) is 13.6 Å². The van der Waals surface area contributed by atoms with Crippen LogP contribution >= 0.6 is 0 Å². The molecule has 0 aliphatic carbocycles. The zero-order chi connectivity index (χ0) is 25.0. The van der Waals surface area contributed by atoms with Gasteiger partial charge in [0.2, 0.25) is 5.91 Å². The van der Waals surface area contributed by atoms with E-state index >= 15 is 0 Å². The van der Waals surface area contributed by atoms with Gasteiger partial charge in [-0.2, -0.15) is 4.98 Å². The fraction of sp³-hybridized carbons (Fsp3) is 0.222. The Balaban J connectivity index is 1.60. The number of hydrogen-bond acceptors (Lipinski definition) is 4. The van der Waals surface area contributed by atoms with Crippen LogP contribution < -0.4 is 10.1 Å². The van der Waals surface area contributed by atoms with Crippen LogP contribution in [0.25, 0.3) is 17.1 Å². The van der Waals surface area contributed by atoms with Gasteiger partial charge in [0.1, 0.15) is 18.2 Å². The van der Waals surface area contributed by atoms with E-state index in [0.717, 1.165) is 5.56 Å². The van der Waals surface area contributed by atoms with Crippen molar-refractivity contribution in [2.45, 2.75) is 33.8 Å². The first-order valence-electron chi connectivity index (χ1n) is 11.2. The van der Waals surface area contributed by atoms with Crippen molar-refractivity contribution in [3.63, 3.8) is 0 Å². The van der Waals surface area contributed by atoms with Gasteiger partial charge in [0, 0.05) is 12.1 Å². The Labute approximate surface area is 202 Å². The Hall–Kier alpha value is -4.07. The molecule has 0 fully saturated rings. The van der Waals surface area contributed by atoms with Crippen LogP contribution in [0.2, 0.25) is 0 Å². The number of benzene rings is 3. The molecule has 1 heterocycles. The average molecular weight is 477 g/mol. The molecule has 0 atom stereocenters. The lowest BCUT2D eigenvalue weighted by molar-refractivity contribution is -0.117. The van der Waals surface area contributed by atoms with Gasteiger partial charge in [0.05, 0.1) is 11.3 Å². The Morgan fingerprint density at radius 2 is 1.66 bits per heavy atom. The largest absolute Gasteiger partial charge is 0.457 e. The highest BCUT2D eigenvalue weighted by molar-refractivity contribution is 5.91. The quantitative estimate of drug-likeness (QED) is 0.347. The van der Waals surface area contributed by atoms with Crippen molar-refractivity contribution >= 4 is 11.6 Å². The maximum Gasteiger partial charge on any atom is 0.336 e. The molecule has 180 valence electrons. The number of amides is 1. The van der Waals surface area contributed by atoms with E-state index < -0.39 is 5.82 Å². The normalized spacial score (nSPS) is 11.3. The summed E-state index contributed by atoms with van der Waals surface area (Å²) in [4.78, 5) is 16.7. The first-order chi connectivity index (χ1) is 16.7. The van der Waals surface area contributed by atoms with Gasteiger partial charge in [0.25, 0.3) is 0 Å². The van der Waals surface area contributed by atoms with Gasteiger partial charge in [-0.1, -0.05) is 45.0 Å². The fourth-order valence-electron chi connectivity index (χ4n) is 3.45. The minimum atomic E-state index is -0.447. The van der Waals surface area contributed by atoms with Crippen molar-refractivity contribution in [3.05, 3.63) is 90.0 Å². The molecule has 1 amide bonds. The number of carbonyl (C=O) groups excluding carboxylic acids is 1. The molecular formula is C27H26F2N4O2. The third-order valence-corrected chi connectivity index (χ3v) is 5.07. The summed E-state index contributed by atoms with van der Waals surface area (Å²) in [6.07, 6.45) is 0.393. The Morgan fingerprint density at radius 1 is 0.971 bits per heavy atom. The molecule has 6 nitrogen and oxygen atoms in total. The smallest absolute Gasteiger partial charge is 0.336 e. The number of anilines is 1. The molecule has 4 aromatic rings. The fourth-order valence-corrected chi connectivity index (χ4v) is 3.45. The van der Waals surface area contributed by atoms with Gasteiger partial charge >= 0.3 is 6.01 Å². The molecule has 35 heavy (non-hydrogen) atoms.